The molecule has 1 aliphatic heterocycles. The zero-order chi connectivity index (χ0) is 10.9. The third kappa shape index (κ3) is 2.31. The van der Waals surface area contributed by atoms with Crippen molar-refractivity contribution in [1.29, 1.82) is 0 Å². The van der Waals surface area contributed by atoms with Gasteiger partial charge in [0.1, 0.15) is 5.82 Å². The molecule has 1 aliphatic rings. The van der Waals surface area contributed by atoms with E-state index < -0.39 is 17.8 Å². The number of rotatable bonds is 1. The first-order chi connectivity index (χ1) is 7.08. The molecule has 4 heteroatoms. The molecule has 0 bridgehead atoms. The summed E-state index contributed by atoms with van der Waals surface area (Å²) < 4.78 is 39.6. The largest absolute Gasteiger partial charge is 0.309 e. The van der Waals surface area contributed by atoms with E-state index >= 15 is 0 Å². The minimum absolute atomic E-state index is 0.169. The van der Waals surface area contributed by atoms with Gasteiger partial charge in [-0.2, -0.15) is 0 Å². The van der Waals surface area contributed by atoms with Crippen LogP contribution in [0.1, 0.15) is 24.4 Å². The molecule has 1 fully saturated rings. The Morgan fingerprint density at radius 1 is 1.27 bits per heavy atom. The molecule has 2 rings (SSSR count). The summed E-state index contributed by atoms with van der Waals surface area (Å²) in [7, 11) is 0. The van der Waals surface area contributed by atoms with Gasteiger partial charge in [0.25, 0.3) is 5.92 Å². The molecule has 1 nitrogen and oxygen atoms in total. The van der Waals surface area contributed by atoms with Crippen molar-refractivity contribution in [3.63, 3.8) is 0 Å². The van der Waals surface area contributed by atoms with Crippen molar-refractivity contribution in [3.8, 4) is 0 Å². The van der Waals surface area contributed by atoms with Crippen molar-refractivity contribution in [2.24, 2.45) is 0 Å². The fraction of sp³-hybridized carbons (Fsp3) is 0.455. The van der Waals surface area contributed by atoms with Gasteiger partial charge in [-0.25, -0.2) is 13.2 Å². The van der Waals surface area contributed by atoms with Gasteiger partial charge in [-0.1, -0.05) is 18.2 Å². The summed E-state index contributed by atoms with van der Waals surface area (Å²) >= 11 is 0. The zero-order valence-electron chi connectivity index (χ0n) is 8.14. The summed E-state index contributed by atoms with van der Waals surface area (Å²) in [6, 6.07) is 5.49. The van der Waals surface area contributed by atoms with Crippen LogP contribution >= 0.6 is 0 Å². The first kappa shape index (κ1) is 10.5. The average Bonchev–Trinajstić information content (AvgIpc) is 2.17. The van der Waals surface area contributed by atoms with Gasteiger partial charge in [0.15, 0.2) is 0 Å². The van der Waals surface area contributed by atoms with Crippen molar-refractivity contribution in [3.05, 3.63) is 35.6 Å². The second-order valence-electron chi connectivity index (χ2n) is 3.84. The Morgan fingerprint density at radius 3 is 2.67 bits per heavy atom. The number of hydrogen-bond donors (Lipinski definition) is 1. The highest BCUT2D eigenvalue weighted by Crippen LogP contribution is 2.35. The molecule has 1 heterocycles. The minimum Gasteiger partial charge on any atom is -0.309 e. The molecule has 1 atom stereocenters. The molecule has 0 radical (unpaired) electrons. The Bertz CT molecular complexity index is 351. The van der Waals surface area contributed by atoms with Gasteiger partial charge in [0.2, 0.25) is 0 Å². The van der Waals surface area contributed by atoms with Gasteiger partial charge in [0.05, 0.1) is 0 Å². The zero-order valence-corrected chi connectivity index (χ0v) is 8.14. The molecule has 82 valence electrons. The maximum atomic E-state index is 13.3. The van der Waals surface area contributed by atoms with Gasteiger partial charge in [-0.3, -0.25) is 0 Å². The van der Waals surface area contributed by atoms with Gasteiger partial charge in [-0.15, -0.1) is 0 Å². The monoisotopic (exact) mass is 215 g/mol. The second-order valence-corrected chi connectivity index (χ2v) is 3.84. The van der Waals surface area contributed by atoms with Gasteiger partial charge in [0, 0.05) is 31.0 Å². The van der Waals surface area contributed by atoms with Crippen LogP contribution in [0.4, 0.5) is 13.2 Å². The maximum Gasteiger partial charge on any atom is 0.251 e. The maximum absolute atomic E-state index is 13.3. The molecule has 1 aromatic carbocycles. The number of hydrogen-bond acceptors (Lipinski definition) is 1. The van der Waals surface area contributed by atoms with E-state index in [0.29, 0.717) is 5.56 Å². The van der Waals surface area contributed by atoms with Crippen molar-refractivity contribution in [2.45, 2.75) is 24.8 Å². The molecule has 1 aromatic rings. The third-order valence-corrected chi connectivity index (χ3v) is 2.66. The van der Waals surface area contributed by atoms with Crippen molar-refractivity contribution in [2.75, 3.05) is 6.54 Å². The predicted molar refractivity (Wildman–Crippen MR) is 51.3 cm³/mol. The van der Waals surface area contributed by atoms with Crippen LogP contribution < -0.4 is 5.32 Å². The van der Waals surface area contributed by atoms with Crippen molar-refractivity contribution >= 4 is 0 Å². The topological polar surface area (TPSA) is 12.0 Å². The molecular formula is C11H12F3N. The van der Waals surface area contributed by atoms with E-state index in [9.17, 15) is 13.2 Å². The van der Waals surface area contributed by atoms with E-state index in [-0.39, 0.29) is 19.4 Å². The molecule has 1 saturated heterocycles. The lowest BCUT2D eigenvalue weighted by Crippen LogP contribution is -2.38. The van der Waals surface area contributed by atoms with E-state index in [1.807, 2.05) is 0 Å². The summed E-state index contributed by atoms with van der Waals surface area (Å²) in [6.45, 7) is 0.228. The standard InChI is InChI=1S/C11H12F3N/c12-9-4-2-1-3-8(9)10-7-11(13,14)5-6-15-10/h1-4,10,15H,5-7H2. The fourth-order valence-corrected chi connectivity index (χ4v) is 1.88. The Morgan fingerprint density at radius 2 is 2.00 bits per heavy atom. The molecule has 0 aromatic heterocycles. The molecule has 0 aliphatic carbocycles. The van der Waals surface area contributed by atoms with Crippen LogP contribution in [-0.2, 0) is 0 Å². The predicted octanol–water partition coefficient (Wildman–Crippen LogP) is 2.89. The Balaban J connectivity index is 2.21. The summed E-state index contributed by atoms with van der Waals surface area (Å²) in [5, 5.41) is 2.91. The van der Waals surface area contributed by atoms with E-state index in [4.69, 9.17) is 0 Å². The third-order valence-electron chi connectivity index (χ3n) is 2.66. The number of benzene rings is 1. The van der Waals surface area contributed by atoms with E-state index in [1.165, 1.54) is 6.07 Å². The smallest absolute Gasteiger partial charge is 0.251 e. The first-order valence-electron chi connectivity index (χ1n) is 4.94. The second kappa shape index (κ2) is 3.85. The molecule has 0 amide bonds. The number of halogens is 3. The van der Waals surface area contributed by atoms with Crippen LogP contribution in [-0.4, -0.2) is 12.5 Å². The lowest BCUT2D eigenvalue weighted by molar-refractivity contribution is -0.0418. The Kier molecular flexibility index (Phi) is 2.69. The highest BCUT2D eigenvalue weighted by molar-refractivity contribution is 5.22. The van der Waals surface area contributed by atoms with Crippen LogP contribution in [0.5, 0.6) is 0 Å². The van der Waals surface area contributed by atoms with Crippen molar-refractivity contribution in [1.82, 2.24) is 5.32 Å². The Labute approximate surface area is 86.3 Å². The molecular weight excluding hydrogens is 203 g/mol. The molecule has 15 heavy (non-hydrogen) atoms. The van der Waals surface area contributed by atoms with E-state index in [1.54, 1.807) is 18.2 Å². The van der Waals surface area contributed by atoms with E-state index in [2.05, 4.69) is 5.32 Å². The van der Waals surface area contributed by atoms with Crippen molar-refractivity contribution < 1.29 is 13.2 Å². The number of nitrogens with one attached hydrogen (secondary N) is 1. The molecule has 0 saturated carbocycles. The lowest BCUT2D eigenvalue weighted by atomic mass is 9.94. The summed E-state index contributed by atoms with van der Waals surface area (Å²) in [5.41, 5.74) is 0.330. The molecule has 1 unspecified atom stereocenters. The van der Waals surface area contributed by atoms with Crippen LogP contribution in [0.2, 0.25) is 0 Å². The average molecular weight is 215 g/mol. The van der Waals surface area contributed by atoms with Gasteiger partial charge < -0.3 is 5.32 Å². The van der Waals surface area contributed by atoms with Crippen LogP contribution in [0, 0.1) is 5.82 Å². The summed E-state index contributed by atoms with van der Waals surface area (Å²) in [4.78, 5) is 0. The quantitative estimate of drug-likeness (QED) is 0.759. The normalized spacial score (nSPS) is 25.1. The Hall–Kier alpha value is -1.03. The number of alkyl halides is 2. The fourth-order valence-electron chi connectivity index (χ4n) is 1.88. The lowest BCUT2D eigenvalue weighted by Gasteiger charge is -2.30. The highest BCUT2D eigenvalue weighted by Gasteiger charge is 2.37. The highest BCUT2D eigenvalue weighted by atomic mass is 19.3. The minimum atomic E-state index is -2.68. The van der Waals surface area contributed by atoms with Crippen LogP contribution in [0.15, 0.2) is 24.3 Å². The van der Waals surface area contributed by atoms with Gasteiger partial charge in [-0.05, 0) is 6.07 Å². The van der Waals surface area contributed by atoms with Crippen LogP contribution in [0.3, 0.4) is 0 Å². The summed E-state index contributed by atoms with van der Waals surface area (Å²) in [6.07, 6.45) is -0.494. The van der Waals surface area contributed by atoms with Gasteiger partial charge >= 0.3 is 0 Å². The van der Waals surface area contributed by atoms with Crippen LogP contribution in [0.25, 0.3) is 0 Å². The SMILES string of the molecule is Fc1ccccc1C1CC(F)(F)CCN1. The molecule has 0 spiro atoms. The first-order valence-corrected chi connectivity index (χ1v) is 4.94. The van der Waals surface area contributed by atoms with E-state index in [0.717, 1.165) is 0 Å². The number of piperidine rings is 1. The summed E-state index contributed by atoms with van der Waals surface area (Å²) in [5.74, 6) is -3.11. The molecule has 1 N–H and O–H groups in total.